The van der Waals surface area contributed by atoms with E-state index in [1.54, 1.807) is 12.2 Å². The summed E-state index contributed by atoms with van der Waals surface area (Å²) in [6.45, 7) is 6.87. The molecule has 1 aromatic rings. The maximum atomic E-state index is 9.19. The van der Waals surface area contributed by atoms with Crippen molar-refractivity contribution in [3.63, 3.8) is 0 Å². The van der Waals surface area contributed by atoms with Crippen LogP contribution < -0.4 is 4.18 Å². The fraction of sp³-hybridized carbons (Fsp3) is 0.353. The number of rotatable bonds is 4. The number of hydrogen-bond donors (Lipinski definition) is 0. The minimum absolute atomic E-state index is 0.0297. The van der Waals surface area contributed by atoms with Crippen LogP contribution in [-0.4, -0.2) is 24.1 Å². The van der Waals surface area contributed by atoms with Crippen LogP contribution in [0, 0.1) is 18.3 Å². The van der Waals surface area contributed by atoms with E-state index in [4.69, 9.17) is 8.92 Å². The fourth-order valence-corrected chi connectivity index (χ4v) is 2.28. The van der Waals surface area contributed by atoms with E-state index in [1.165, 1.54) is 5.56 Å². The summed E-state index contributed by atoms with van der Waals surface area (Å²) in [6.07, 6.45) is 3.52. The molecule has 0 N–H and O–H groups in total. The molecule has 1 saturated heterocycles. The lowest BCUT2D eigenvalue weighted by atomic mass is 10.1. The van der Waals surface area contributed by atoms with Crippen molar-refractivity contribution in [2.75, 3.05) is 13.7 Å². The quantitative estimate of drug-likeness (QED) is 0.620. The molecule has 0 aromatic heterocycles. The van der Waals surface area contributed by atoms with Crippen LogP contribution in [0.1, 0.15) is 19.4 Å². The number of benzene rings is 1. The second-order valence-electron chi connectivity index (χ2n) is 5.79. The summed E-state index contributed by atoms with van der Waals surface area (Å²) in [5.41, 5.74) is 1.14. The molecule has 0 unspecified atom stereocenters. The Morgan fingerprint density at radius 1 is 1.41 bits per heavy atom. The minimum Gasteiger partial charge on any atom is -0.477 e. The maximum absolute atomic E-state index is 9.19. The molecule has 0 amide bonds. The third-order valence-corrected chi connectivity index (χ3v) is 4.23. The molecular formula is C17H20N2O2S. The van der Waals surface area contributed by atoms with Crippen LogP contribution in [-0.2, 0) is 4.74 Å². The summed E-state index contributed by atoms with van der Waals surface area (Å²) in [5, 5.41) is 9.19. The summed E-state index contributed by atoms with van der Waals surface area (Å²) in [7, 11) is 1.98. The van der Waals surface area contributed by atoms with Crippen LogP contribution in [0.25, 0.3) is 0 Å². The summed E-state index contributed by atoms with van der Waals surface area (Å²) in [5.74, 6) is 1.48. The smallest absolute Gasteiger partial charge is 0.189 e. The van der Waals surface area contributed by atoms with Crippen LogP contribution in [0.15, 0.2) is 47.2 Å². The van der Waals surface area contributed by atoms with Crippen molar-refractivity contribution >= 4 is 12.0 Å². The zero-order valence-electron chi connectivity index (χ0n) is 13.3. The predicted octanol–water partition coefficient (Wildman–Crippen LogP) is 4.01. The molecule has 0 spiro atoms. The number of allylic oxidation sites excluding steroid dienone is 3. The van der Waals surface area contributed by atoms with E-state index in [0.29, 0.717) is 11.5 Å². The van der Waals surface area contributed by atoms with E-state index >= 15 is 0 Å². The van der Waals surface area contributed by atoms with Gasteiger partial charge in [0.15, 0.2) is 5.88 Å². The average Bonchev–Trinajstić information content (AvgIpc) is 2.76. The molecule has 22 heavy (non-hydrogen) atoms. The van der Waals surface area contributed by atoms with E-state index in [0.717, 1.165) is 23.7 Å². The standard InChI is InChI=1S/C17H20N2O2S/c1-13-5-7-14(8-6-13)21-22-15(11-18)9-10-16-19(4)17(2,3)12-20-16/h5-10H,12H2,1-4H3/b15-9-,16-10+. The molecule has 0 bridgehead atoms. The Labute approximate surface area is 136 Å². The van der Waals surface area contributed by atoms with Crippen LogP contribution >= 0.6 is 12.0 Å². The highest BCUT2D eigenvalue weighted by Gasteiger charge is 2.33. The fourth-order valence-electron chi connectivity index (χ4n) is 1.82. The largest absolute Gasteiger partial charge is 0.477 e. The highest BCUT2D eigenvalue weighted by Crippen LogP contribution is 2.28. The van der Waals surface area contributed by atoms with Crippen molar-refractivity contribution < 1.29 is 8.92 Å². The van der Waals surface area contributed by atoms with Gasteiger partial charge >= 0.3 is 0 Å². The van der Waals surface area contributed by atoms with Crippen LogP contribution in [0.3, 0.4) is 0 Å². The first-order valence-electron chi connectivity index (χ1n) is 7.02. The maximum Gasteiger partial charge on any atom is 0.189 e. The van der Waals surface area contributed by atoms with Crippen LogP contribution in [0.2, 0.25) is 0 Å². The van der Waals surface area contributed by atoms with Crippen LogP contribution in [0.4, 0.5) is 0 Å². The highest BCUT2D eigenvalue weighted by atomic mass is 32.2. The molecule has 1 fully saturated rings. The van der Waals surface area contributed by atoms with Crippen LogP contribution in [0.5, 0.6) is 5.75 Å². The molecule has 1 aliphatic rings. The lowest BCUT2D eigenvalue weighted by Crippen LogP contribution is -2.36. The average molecular weight is 316 g/mol. The summed E-state index contributed by atoms with van der Waals surface area (Å²) in [4.78, 5) is 2.53. The number of hydrogen-bond acceptors (Lipinski definition) is 5. The Kier molecular flexibility index (Phi) is 5.04. The molecule has 1 aromatic carbocycles. The van der Waals surface area contributed by atoms with Gasteiger partial charge in [-0.3, -0.25) is 0 Å². The van der Waals surface area contributed by atoms with Gasteiger partial charge in [-0.25, -0.2) is 0 Å². The lowest BCUT2D eigenvalue weighted by molar-refractivity contribution is 0.236. The number of nitrogens with zero attached hydrogens (tertiary/aromatic N) is 2. The highest BCUT2D eigenvalue weighted by molar-refractivity contribution is 7.99. The van der Waals surface area contributed by atoms with Gasteiger partial charge in [0.25, 0.3) is 0 Å². The van der Waals surface area contributed by atoms with Gasteiger partial charge in [0.1, 0.15) is 35.4 Å². The Morgan fingerprint density at radius 3 is 2.64 bits per heavy atom. The normalized spacial score (nSPS) is 19.0. The second-order valence-corrected chi connectivity index (χ2v) is 6.56. The number of ether oxygens (including phenoxy) is 1. The van der Waals surface area contributed by atoms with Gasteiger partial charge in [-0.1, -0.05) is 17.7 Å². The van der Waals surface area contributed by atoms with Crippen molar-refractivity contribution in [1.82, 2.24) is 4.90 Å². The zero-order chi connectivity index (χ0) is 16.2. The number of likely N-dealkylation sites (N-methyl/N-ethyl adjacent to an activating group) is 1. The Hall–Kier alpha value is -2.06. The van der Waals surface area contributed by atoms with Gasteiger partial charge in [0, 0.05) is 13.1 Å². The SMILES string of the molecule is Cc1ccc(OS/C(C#N)=C\C=C2\OCC(C)(C)N2C)cc1. The van der Waals surface area contributed by atoms with Crippen molar-refractivity contribution in [2.45, 2.75) is 26.3 Å². The Morgan fingerprint density at radius 2 is 2.09 bits per heavy atom. The number of aryl methyl sites for hydroxylation is 1. The van der Waals surface area contributed by atoms with Gasteiger partial charge in [-0.05, 0) is 39.0 Å². The van der Waals surface area contributed by atoms with Gasteiger partial charge in [-0.2, -0.15) is 5.26 Å². The van der Waals surface area contributed by atoms with E-state index in [2.05, 4.69) is 24.8 Å². The summed E-state index contributed by atoms with van der Waals surface area (Å²) < 4.78 is 11.2. The third-order valence-electron chi connectivity index (χ3n) is 3.55. The number of nitriles is 1. The first-order valence-corrected chi connectivity index (χ1v) is 7.76. The van der Waals surface area contributed by atoms with Crippen molar-refractivity contribution in [2.24, 2.45) is 0 Å². The summed E-state index contributed by atoms with van der Waals surface area (Å²) >= 11 is 1.05. The second kappa shape index (κ2) is 6.80. The molecule has 0 saturated carbocycles. The Balaban J connectivity index is 2.00. The van der Waals surface area contributed by atoms with Gasteiger partial charge in [-0.15, -0.1) is 0 Å². The molecular weight excluding hydrogens is 296 g/mol. The molecule has 5 heteroatoms. The van der Waals surface area contributed by atoms with E-state index in [1.807, 2.05) is 38.2 Å². The van der Waals surface area contributed by atoms with E-state index < -0.39 is 0 Å². The molecule has 0 radical (unpaired) electrons. The van der Waals surface area contributed by atoms with E-state index in [-0.39, 0.29) is 5.54 Å². The molecule has 4 nitrogen and oxygen atoms in total. The molecule has 2 rings (SSSR count). The van der Waals surface area contributed by atoms with Gasteiger partial charge < -0.3 is 13.8 Å². The Bertz CT molecular complexity index is 627. The minimum atomic E-state index is -0.0297. The predicted molar refractivity (Wildman–Crippen MR) is 89.0 cm³/mol. The monoisotopic (exact) mass is 316 g/mol. The summed E-state index contributed by atoms with van der Waals surface area (Å²) in [6, 6.07) is 9.82. The van der Waals surface area contributed by atoms with Crippen molar-refractivity contribution in [3.8, 4) is 11.8 Å². The lowest BCUT2D eigenvalue weighted by Gasteiger charge is -2.25. The first-order chi connectivity index (χ1) is 10.4. The topological polar surface area (TPSA) is 45.5 Å². The molecule has 0 aliphatic carbocycles. The van der Waals surface area contributed by atoms with Gasteiger partial charge in [0.2, 0.25) is 0 Å². The van der Waals surface area contributed by atoms with Crippen molar-refractivity contribution in [3.05, 3.63) is 52.8 Å². The van der Waals surface area contributed by atoms with E-state index in [9.17, 15) is 5.26 Å². The third kappa shape index (κ3) is 3.99. The molecule has 1 aliphatic heterocycles. The van der Waals surface area contributed by atoms with Gasteiger partial charge in [0.05, 0.1) is 5.54 Å². The van der Waals surface area contributed by atoms with Crippen molar-refractivity contribution in [1.29, 1.82) is 5.26 Å². The molecule has 1 heterocycles. The molecule has 0 atom stereocenters. The molecule has 116 valence electrons. The first kappa shape index (κ1) is 16.3. The zero-order valence-corrected chi connectivity index (χ0v) is 14.1.